The number of carbonyl (C=O) groups excluding carboxylic acids is 1. The van der Waals surface area contributed by atoms with Crippen molar-refractivity contribution in [2.75, 3.05) is 11.9 Å². The Labute approximate surface area is 122 Å². The fourth-order valence-corrected chi connectivity index (χ4v) is 2.68. The van der Waals surface area contributed by atoms with Gasteiger partial charge in [-0.1, -0.05) is 34.2 Å². The van der Waals surface area contributed by atoms with Gasteiger partial charge in [0, 0.05) is 0 Å². The Kier molecular flexibility index (Phi) is 4.89. The Hall–Kier alpha value is -1.44. The smallest absolute Gasteiger partial charge is 0.266 e. The van der Waals surface area contributed by atoms with Gasteiger partial charge >= 0.3 is 0 Å². The molecule has 0 aliphatic rings. The van der Waals surface area contributed by atoms with Crippen LogP contribution in [0.25, 0.3) is 0 Å². The average molecular weight is 316 g/mol. The van der Waals surface area contributed by atoms with Gasteiger partial charge in [-0.25, -0.2) is 4.98 Å². The molecule has 2 aromatic rings. The largest absolute Gasteiger partial charge is 0.385 e. The molecule has 2 heterocycles. The molecule has 0 spiro atoms. The standard InChI is InChI=1S/C11H10ClN3O2S2/c1-7(8-3-2-4-18-8)15-17-6-10(16)14-11-13-5-9(12)19-11/h2-5H,6H2,1H3,(H,13,14,16)/b15-7-. The zero-order valence-electron chi connectivity index (χ0n) is 9.92. The van der Waals surface area contributed by atoms with E-state index in [-0.39, 0.29) is 12.5 Å². The monoisotopic (exact) mass is 315 g/mol. The lowest BCUT2D eigenvalue weighted by atomic mass is 10.3. The van der Waals surface area contributed by atoms with Crippen LogP contribution < -0.4 is 5.32 Å². The van der Waals surface area contributed by atoms with Gasteiger partial charge in [0.15, 0.2) is 11.7 Å². The zero-order valence-corrected chi connectivity index (χ0v) is 12.3. The van der Waals surface area contributed by atoms with Gasteiger partial charge < -0.3 is 4.84 Å². The number of nitrogens with zero attached hydrogens (tertiary/aromatic N) is 2. The Morgan fingerprint density at radius 2 is 2.47 bits per heavy atom. The molecule has 0 saturated carbocycles. The van der Waals surface area contributed by atoms with Crippen LogP contribution in [0.1, 0.15) is 11.8 Å². The van der Waals surface area contributed by atoms with E-state index < -0.39 is 0 Å². The molecule has 0 unspecified atom stereocenters. The summed E-state index contributed by atoms with van der Waals surface area (Å²) in [4.78, 5) is 21.4. The number of thiophene rings is 1. The first kappa shape index (κ1) is 14.0. The van der Waals surface area contributed by atoms with Crippen molar-refractivity contribution in [3.8, 4) is 0 Å². The van der Waals surface area contributed by atoms with Crippen LogP contribution in [0, 0.1) is 0 Å². The summed E-state index contributed by atoms with van der Waals surface area (Å²) >= 11 is 8.45. The zero-order chi connectivity index (χ0) is 13.7. The van der Waals surface area contributed by atoms with Crippen molar-refractivity contribution in [1.29, 1.82) is 0 Å². The second-order valence-electron chi connectivity index (χ2n) is 3.45. The number of rotatable bonds is 5. The van der Waals surface area contributed by atoms with Crippen LogP contribution in [0.3, 0.4) is 0 Å². The van der Waals surface area contributed by atoms with Crippen molar-refractivity contribution >= 4 is 51.0 Å². The van der Waals surface area contributed by atoms with E-state index in [9.17, 15) is 4.79 Å². The van der Waals surface area contributed by atoms with Gasteiger partial charge in [-0.2, -0.15) is 0 Å². The first-order chi connectivity index (χ1) is 9.15. The Bertz CT molecular complexity index is 581. The number of amides is 1. The molecule has 2 rings (SSSR count). The van der Waals surface area contributed by atoms with E-state index in [0.717, 1.165) is 10.6 Å². The Morgan fingerprint density at radius 1 is 1.63 bits per heavy atom. The number of hydrogen-bond donors (Lipinski definition) is 1. The van der Waals surface area contributed by atoms with Crippen LogP contribution in [0.5, 0.6) is 0 Å². The fraction of sp³-hybridized carbons (Fsp3) is 0.182. The normalized spacial score (nSPS) is 11.4. The summed E-state index contributed by atoms with van der Waals surface area (Å²) in [7, 11) is 0. The summed E-state index contributed by atoms with van der Waals surface area (Å²) in [5.41, 5.74) is 0.736. The van der Waals surface area contributed by atoms with Gasteiger partial charge in [-0.05, 0) is 18.4 Å². The third-order valence-corrected chi connectivity index (χ3v) is 4.01. The molecule has 0 fully saturated rings. The van der Waals surface area contributed by atoms with E-state index in [0.29, 0.717) is 9.47 Å². The van der Waals surface area contributed by atoms with E-state index in [1.807, 2.05) is 24.4 Å². The van der Waals surface area contributed by atoms with Gasteiger partial charge in [-0.3, -0.25) is 10.1 Å². The van der Waals surface area contributed by atoms with Crippen molar-refractivity contribution in [2.24, 2.45) is 5.16 Å². The maximum absolute atomic E-state index is 11.5. The lowest BCUT2D eigenvalue weighted by molar-refractivity contribution is -0.120. The van der Waals surface area contributed by atoms with Crippen molar-refractivity contribution in [3.05, 3.63) is 32.9 Å². The minimum absolute atomic E-state index is 0.167. The highest BCUT2D eigenvalue weighted by atomic mass is 35.5. The summed E-state index contributed by atoms with van der Waals surface area (Å²) in [5.74, 6) is -0.325. The SMILES string of the molecule is C/C(=N/OCC(=O)Nc1ncc(Cl)s1)c1cccs1. The maximum Gasteiger partial charge on any atom is 0.266 e. The van der Waals surface area contributed by atoms with Crippen molar-refractivity contribution in [1.82, 2.24) is 4.98 Å². The van der Waals surface area contributed by atoms with E-state index in [1.165, 1.54) is 17.5 Å². The molecular weight excluding hydrogens is 306 g/mol. The van der Waals surface area contributed by atoms with Crippen LogP contribution in [0.2, 0.25) is 4.34 Å². The van der Waals surface area contributed by atoms with Gasteiger partial charge in [0.2, 0.25) is 0 Å². The molecule has 0 aliphatic heterocycles. The number of nitrogens with one attached hydrogen (secondary N) is 1. The first-order valence-corrected chi connectivity index (χ1v) is 7.34. The van der Waals surface area contributed by atoms with Gasteiger partial charge in [0.25, 0.3) is 5.91 Å². The predicted octanol–water partition coefficient (Wildman–Crippen LogP) is 3.24. The number of halogens is 1. The molecule has 1 N–H and O–H groups in total. The summed E-state index contributed by atoms with van der Waals surface area (Å²) < 4.78 is 0.516. The average Bonchev–Trinajstić information content (AvgIpc) is 3.00. The number of hydrogen-bond acceptors (Lipinski definition) is 6. The Morgan fingerprint density at radius 3 is 3.11 bits per heavy atom. The van der Waals surface area contributed by atoms with Crippen LogP contribution in [0.4, 0.5) is 5.13 Å². The molecule has 2 aromatic heterocycles. The lowest BCUT2D eigenvalue weighted by Gasteiger charge is -2.01. The molecule has 19 heavy (non-hydrogen) atoms. The number of anilines is 1. The topological polar surface area (TPSA) is 63.6 Å². The highest BCUT2D eigenvalue weighted by Gasteiger charge is 2.06. The van der Waals surface area contributed by atoms with Crippen LogP contribution in [-0.2, 0) is 9.63 Å². The van der Waals surface area contributed by atoms with E-state index in [1.54, 1.807) is 11.3 Å². The van der Waals surface area contributed by atoms with E-state index >= 15 is 0 Å². The number of carbonyl (C=O) groups is 1. The lowest BCUT2D eigenvalue weighted by Crippen LogP contribution is -2.17. The quantitative estimate of drug-likeness (QED) is 0.680. The van der Waals surface area contributed by atoms with Gasteiger partial charge in [0.05, 0.1) is 16.8 Å². The molecule has 0 bridgehead atoms. The molecule has 0 aromatic carbocycles. The molecule has 0 saturated heterocycles. The Balaban J connectivity index is 1.79. The van der Waals surface area contributed by atoms with Gasteiger partial charge in [-0.15, -0.1) is 11.3 Å². The number of oxime groups is 1. The highest BCUT2D eigenvalue weighted by Crippen LogP contribution is 2.22. The minimum Gasteiger partial charge on any atom is -0.385 e. The maximum atomic E-state index is 11.5. The van der Waals surface area contributed by atoms with E-state index in [4.69, 9.17) is 16.4 Å². The summed E-state index contributed by atoms with van der Waals surface area (Å²) in [6.45, 7) is 1.66. The molecule has 5 nitrogen and oxygen atoms in total. The first-order valence-electron chi connectivity index (χ1n) is 5.27. The second-order valence-corrected chi connectivity index (χ2v) is 6.05. The van der Waals surface area contributed by atoms with Gasteiger partial charge in [0.1, 0.15) is 4.34 Å². The summed E-state index contributed by atoms with van der Waals surface area (Å²) in [5, 5.41) is 8.83. The number of thiazole rings is 1. The summed E-state index contributed by atoms with van der Waals surface area (Å²) in [6, 6.07) is 3.86. The fourth-order valence-electron chi connectivity index (χ4n) is 1.18. The second kappa shape index (κ2) is 6.65. The molecular formula is C11H10ClN3O2S2. The molecule has 0 atom stereocenters. The van der Waals surface area contributed by atoms with E-state index in [2.05, 4.69) is 15.5 Å². The molecule has 0 radical (unpaired) electrons. The summed E-state index contributed by atoms with van der Waals surface area (Å²) in [6.07, 6.45) is 1.47. The molecule has 8 heteroatoms. The third kappa shape index (κ3) is 4.30. The number of aromatic nitrogens is 1. The van der Waals surface area contributed by atoms with Crippen molar-refractivity contribution in [2.45, 2.75) is 6.92 Å². The molecule has 1 amide bonds. The minimum atomic E-state index is -0.325. The predicted molar refractivity (Wildman–Crippen MR) is 78.2 cm³/mol. The third-order valence-electron chi connectivity index (χ3n) is 2.00. The molecule has 0 aliphatic carbocycles. The van der Waals surface area contributed by atoms with Crippen LogP contribution in [-0.4, -0.2) is 23.2 Å². The van der Waals surface area contributed by atoms with Crippen molar-refractivity contribution < 1.29 is 9.63 Å². The molecule has 100 valence electrons. The van der Waals surface area contributed by atoms with Crippen LogP contribution >= 0.6 is 34.3 Å². The van der Waals surface area contributed by atoms with Crippen molar-refractivity contribution in [3.63, 3.8) is 0 Å². The van der Waals surface area contributed by atoms with Crippen LogP contribution in [0.15, 0.2) is 28.9 Å². The highest BCUT2D eigenvalue weighted by molar-refractivity contribution is 7.19.